The molecule has 3 heterocycles. The summed E-state index contributed by atoms with van der Waals surface area (Å²) in [5, 5.41) is 10.1. The second-order valence-electron chi connectivity index (χ2n) is 5.77. The van der Waals surface area contributed by atoms with Crippen LogP contribution in [0, 0.1) is 0 Å². The minimum Gasteiger partial charge on any atom is -0.476 e. The number of carbonyl (C=O) groups is 1. The van der Waals surface area contributed by atoms with Crippen LogP contribution in [0.2, 0.25) is 5.02 Å². The van der Waals surface area contributed by atoms with Gasteiger partial charge >= 0.3 is 5.97 Å². The molecule has 8 heteroatoms. The van der Waals surface area contributed by atoms with Gasteiger partial charge in [-0.1, -0.05) is 23.7 Å². The minimum absolute atomic E-state index is 0.165. The second kappa shape index (κ2) is 7.50. The molecule has 28 heavy (non-hydrogen) atoms. The van der Waals surface area contributed by atoms with Crippen LogP contribution in [0.5, 0.6) is 0 Å². The van der Waals surface area contributed by atoms with E-state index in [0.717, 1.165) is 5.56 Å². The highest BCUT2D eigenvalue weighted by molar-refractivity contribution is 6.30. The molecule has 4 aromatic rings. The van der Waals surface area contributed by atoms with Gasteiger partial charge in [-0.05, 0) is 30.3 Å². The Morgan fingerprint density at radius 3 is 2.36 bits per heavy atom. The minimum atomic E-state index is -1.18. The Morgan fingerprint density at radius 2 is 1.64 bits per heavy atom. The molecule has 0 fully saturated rings. The molecule has 0 amide bonds. The summed E-state index contributed by atoms with van der Waals surface area (Å²) in [6.07, 6.45) is 6.05. The molecule has 0 saturated heterocycles. The van der Waals surface area contributed by atoms with Gasteiger partial charge in [-0.3, -0.25) is 9.97 Å². The van der Waals surface area contributed by atoms with Gasteiger partial charge in [0.25, 0.3) is 0 Å². The third-order valence-electron chi connectivity index (χ3n) is 3.93. The summed E-state index contributed by atoms with van der Waals surface area (Å²) in [7, 11) is 0. The van der Waals surface area contributed by atoms with Crippen LogP contribution in [0.25, 0.3) is 34.0 Å². The average Bonchev–Trinajstić information content (AvgIpc) is 2.74. The first-order chi connectivity index (χ1) is 13.6. The first kappa shape index (κ1) is 17.7. The predicted octanol–water partition coefficient (Wildman–Crippen LogP) is 4.01. The number of carboxylic acid groups (broad SMARTS) is 1. The van der Waals surface area contributed by atoms with Crippen molar-refractivity contribution in [2.24, 2.45) is 0 Å². The lowest BCUT2D eigenvalue weighted by molar-refractivity contribution is 0.0691. The molecule has 0 aliphatic heterocycles. The highest BCUT2D eigenvalue weighted by Gasteiger charge is 2.18. The van der Waals surface area contributed by atoms with Crippen molar-refractivity contribution in [3.63, 3.8) is 0 Å². The lowest BCUT2D eigenvalue weighted by Gasteiger charge is -2.09. The first-order valence-corrected chi connectivity index (χ1v) is 8.60. The van der Waals surface area contributed by atoms with E-state index in [1.807, 2.05) is 18.2 Å². The third-order valence-corrected chi connectivity index (χ3v) is 4.18. The number of nitrogens with zero attached hydrogens (tertiary/aromatic N) is 5. The maximum absolute atomic E-state index is 11.6. The number of hydrogen-bond acceptors (Lipinski definition) is 6. The molecule has 3 aromatic heterocycles. The van der Waals surface area contributed by atoms with Crippen molar-refractivity contribution in [3.05, 3.63) is 78.0 Å². The summed E-state index contributed by atoms with van der Waals surface area (Å²) in [6.45, 7) is 0. The van der Waals surface area contributed by atoms with E-state index in [-0.39, 0.29) is 11.4 Å². The Bertz CT molecular complexity index is 1150. The SMILES string of the molecule is O=C(O)c1nccnc1-c1cc(-c2ccc(Cl)cc2)nc(-c2cccnc2)n1. The first-order valence-electron chi connectivity index (χ1n) is 8.22. The molecule has 0 radical (unpaired) electrons. The van der Waals surface area contributed by atoms with Crippen molar-refractivity contribution in [3.8, 4) is 34.0 Å². The Balaban J connectivity index is 1.95. The van der Waals surface area contributed by atoms with E-state index in [0.29, 0.717) is 27.8 Å². The lowest BCUT2D eigenvalue weighted by atomic mass is 10.1. The lowest BCUT2D eigenvalue weighted by Crippen LogP contribution is -2.06. The van der Waals surface area contributed by atoms with E-state index in [4.69, 9.17) is 11.6 Å². The molecule has 1 aromatic carbocycles. The van der Waals surface area contributed by atoms with Crippen molar-refractivity contribution >= 4 is 17.6 Å². The van der Waals surface area contributed by atoms with Crippen LogP contribution in [-0.4, -0.2) is 36.0 Å². The van der Waals surface area contributed by atoms with Gasteiger partial charge in [0, 0.05) is 40.9 Å². The van der Waals surface area contributed by atoms with Gasteiger partial charge in [0.2, 0.25) is 0 Å². The highest BCUT2D eigenvalue weighted by atomic mass is 35.5. The van der Waals surface area contributed by atoms with Crippen LogP contribution in [0.1, 0.15) is 10.5 Å². The van der Waals surface area contributed by atoms with Crippen LogP contribution in [-0.2, 0) is 0 Å². The number of halogens is 1. The van der Waals surface area contributed by atoms with E-state index in [9.17, 15) is 9.90 Å². The van der Waals surface area contributed by atoms with Gasteiger partial charge in [-0.15, -0.1) is 0 Å². The largest absolute Gasteiger partial charge is 0.476 e. The molecule has 0 bridgehead atoms. The zero-order valence-corrected chi connectivity index (χ0v) is 15.1. The normalized spacial score (nSPS) is 10.6. The summed E-state index contributed by atoms with van der Waals surface area (Å²) in [5.41, 5.74) is 2.43. The van der Waals surface area contributed by atoms with E-state index in [1.165, 1.54) is 12.4 Å². The van der Waals surface area contributed by atoms with Crippen molar-refractivity contribution in [1.82, 2.24) is 24.9 Å². The maximum atomic E-state index is 11.6. The molecule has 0 aliphatic rings. The molecule has 136 valence electrons. The summed E-state index contributed by atoms with van der Waals surface area (Å²) < 4.78 is 0. The maximum Gasteiger partial charge on any atom is 0.356 e. The van der Waals surface area contributed by atoms with Crippen LogP contribution in [0.3, 0.4) is 0 Å². The van der Waals surface area contributed by atoms with Crippen molar-refractivity contribution in [1.29, 1.82) is 0 Å². The molecule has 0 unspecified atom stereocenters. The fourth-order valence-corrected chi connectivity index (χ4v) is 2.77. The van der Waals surface area contributed by atoms with Crippen LogP contribution in [0.4, 0.5) is 0 Å². The molecule has 0 aliphatic carbocycles. The van der Waals surface area contributed by atoms with Gasteiger partial charge in [-0.2, -0.15) is 0 Å². The topological polar surface area (TPSA) is 102 Å². The number of carboxylic acids is 1. The van der Waals surface area contributed by atoms with E-state index < -0.39 is 5.97 Å². The van der Waals surface area contributed by atoms with E-state index >= 15 is 0 Å². The van der Waals surface area contributed by atoms with E-state index in [2.05, 4.69) is 24.9 Å². The molecule has 0 saturated carbocycles. The zero-order valence-electron chi connectivity index (χ0n) is 14.3. The van der Waals surface area contributed by atoms with Crippen molar-refractivity contribution in [2.75, 3.05) is 0 Å². The Morgan fingerprint density at radius 1 is 0.893 bits per heavy atom. The van der Waals surface area contributed by atoms with Gasteiger partial charge in [0.1, 0.15) is 5.69 Å². The number of hydrogen-bond donors (Lipinski definition) is 1. The number of pyridine rings is 1. The standard InChI is InChI=1S/C20H12ClN5O2/c21-14-5-3-12(4-6-14)15-10-16(17-18(20(27)28)24-9-8-23-17)26-19(25-15)13-2-1-7-22-11-13/h1-11H,(H,27,28). The second-order valence-corrected chi connectivity index (χ2v) is 6.21. The van der Waals surface area contributed by atoms with Crippen LogP contribution in [0.15, 0.2) is 67.3 Å². The monoisotopic (exact) mass is 389 g/mol. The summed E-state index contributed by atoms with van der Waals surface area (Å²) in [5.74, 6) is -0.782. The average molecular weight is 390 g/mol. The highest BCUT2D eigenvalue weighted by Crippen LogP contribution is 2.28. The molecule has 0 atom stereocenters. The fourth-order valence-electron chi connectivity index (χ4n) is 2.64. The smallest absolute Gasteiger partial charge is 0.356 e. The van der Waals surface area contributed by atoms with Crippen molar-refractivity contribution < 1.29 is 9.90 Å². The van der Waals surface area contributed by atoms with Gasteiger partial charge in [0.15, 0.2) is 11.5 Å². The molecule has 4 rings (SSSR count). The van der Waals surface area contributed by atoms with E-state index in [1.54, 1.807) is 36.7 Å². The number of rotatable bonds is 4. The van der Waals surface area contributed by atoms with Crippen LogP contribution < -0.4 is 0 Å². The number of aromatic nitrogens is 5. The number of aromatic carboxylic acids is 1. The summed E-state index contributed by atoms with van der Waals surface area (Å²) in [6, 6.07) is 12.5. The molecule has 0 spiro atoms. The molecule has 7 nitrogen and oxygen atoms in total. The quantitative estimate of drug-likeness (QED) is 0.562. The Kier molecular flexibility index (Phi) is 4.74. The fraction of sp³-hybridized carbons (Fsp3) is 0. The Labute approximate surface area is 164 Å². The van der Waals surface area contributed by atoms with Gasteiger partial charge in [-0.25, -0.2) is 19.7 Å². The Hall–Kier alpha value is -3.71. The molecular formula is C20H12ClN5O2. The molecular weight excluding hydrogens is 378 g/mol. The predicted molar refractivity (Wildman–Crippen MR) is 104 cm³/mol. The van der Waals surface area contributed by atoms with Crippen LogP contribution >= 0.6 is 11.6 Å². The summed E-state index contributed by atoms with van der Waals surface area (Å²) >= 11 is 5.98. The van der Waals surface area contributed by atoms with Gasteiger partial charge < -0.3 is 5.11 Å². The van der Waals surface area contributed by atoms with Crippen molar-refractivity contribution in [2.45, 2.75) is 0 Å². The third kappa shape index (κ3) is 3.56. The molecule has 1 N–H and O–H groups in total. The van der Waals surface area contributed by atoms with Gasteiger partial charge in [0.05, 0.1) is 11.4 Å². The zero-order chi connectivity index (χ0) is 19.5. The number of benzene rings is 1. The summed E-state index contributed by atoms with van der Waals surface area (Å²) in [4.78, 5) is 32.9.